The first-order valence-electron chi connectivity index (χ1n) is 5.23. The number of hydrogen-bond acceptors (Lipinski definition) is 2. The summed E-state index contributed by atoms with van der Waals surface area (Å²) in [6, 6.07) is 4.60. The molecule has 0 aliphatic heterocycles. The molecule has 0 fully saturated rings. The Bertz CT molecular complexity index is 762. The van der Waals surface area contributed by atoms with Crippen LogP contribution < -0.4 is 4.72 Å². The lowest BCUT2D eigenvalue weighted by Gasteiger charge is -2.10. The van der Waals surface area contributed by atoms with Crippen LogP contribution in [0.3, 0.4) is 0 Å². The molecule has 20 heavy (non-hydrogen) atoms. The Morgan fingerprint density at radius 1 is 0.900 bits per heavy atom. The Morgan fingerprint density at radius 3 is 2.30 bits per heavy atom. The van der Waals surface area contributed by atoms with Crippen LogP contribution in [0.1, 0.15) is 0 Å². The van der Waals surface area contributed by atoms with Crippen LogP contribution in [0.4, 0.5) is 23.2 Å². The lowest BCUT2D eigenvalue weighted by atomic mass is 10.3. The van der Waals surface area contributed by atoms with Crippen LogP contribution in [0.5, 0.6) is 0 Å². The van der Waals surface area contributed by atoms with E-state index in [0.717, 1.165) is 24.3 Å². The number of hydrogen-bond donors (Lipinski definition) is 1. The molecule has 3 nitrogen and oxygen atoms in total. The highest BCUT2D eigenvalue weighted by molar-refractivity contribution is 7.92. The smallest absolute Gasteiger partial charge is 0.265 e. The summed E-state index contributed by atoms with van der Waals surface area (Å²) in [7, 11) is -4.58. The molecule has 0 aliphatic carbocycles. The van der Waals surface area contributed by atoms with Gasteiger partial charge in [-0.05, 0) is 30.3 Å². The van der Waals surface area contributed by atoms with Crippen molar-refractivity contribution in [3.8, 4) is 0 Å². The van der Waals surface area contributed by atoms with Gasteiger partial charge >= 0.3 is 0 Å². The Labute approximate surface area is 111 Å². The molecule has 0 amide bonds. The molecule has 0 radical (unpaired) electrons. The van der Waals surface area contributed by atoms with Crippen LogP contribution in [0.2, 0.25) is 0 Å². The quantitative estimate of drug-likeness (QED) is 0.886. The number of nitrogens with one attached hydrogen (secondary N) is 1. The molecular formula is C12H7F4NO2S. The minimum Gasteiger partial charge on any atom is -0.276 e. The molecule has 2 aromatic rings. The molecule has 1 N–H and O–H groups in total. The molecule has 0 spiro atoms. The molecule has 0 heterocycles. The van der Waals surface area contributed by atoms with E-state index in [4.69, 9.17) is 0 Å². The van der Waals surface area contributed by atoms with Gasteiger partial charge in [0.1, 0.15) is 16.5 Å². The molecule has 2 rings (SSSR count). The second-order valence-corrected chi connectivity index (χ2v) is 5.43. The molecule has 0 aliphatic rings. The summed E-state index contributed by atoms with van der Waals surface area (Å²) in [5.41, 5.74) is -0.700. The maximum Gasteiger partial charge on any atom is 0.265 e. The largest absolute Gasteiger partial charge is 0.276 e. The van der Waals surface area contributed by atoms with E-state index in [-0.39, 0.29) is 0 Å². The molecule has 0 unspecified atom stereocenters. The number of rotatable bonds is 3. The minimum atomic E-state index is -4.58. The van der Waals surface area contributed by atoms with Crippen molar-refractivity contribution in [2.45, 2.75) is 4.90 Å². The summed E-state index contributed by atoms with van der Waals surface area (Å²) in [4.78, 5) is -0.999. The van der Waals surface area contributed by atoms with E-state index in [2.05, 4.69) is 0 Å². The van der Waals surface area contributed by atoms with E-state index >= 15 is 0 Å². The predicted molar refractivity (Wildman–Crippen MR) is 63.5 cm³/mol. The first-order chi connectivity index (χ1) is 9.31. The summed E-state index contributed by atoms with van der Waals surface area (Å²) in [6.07, 6.45) is 0. The third kappa shape index (κ3) is 2.74. The first-order valence-corrected chi connectivity index (χ1v) is 6.71. The van der Waals surface area contributed by atoms with Gasteiger partial charge in [-0.15, -0.1) is 0 Å². The Morgan fingerprint density at radius 2 is 1.60 bits per heavy atom. The molecule has 0 aromatic heterocycles. The minimum absolute atomic E-state index is 0.439. The number of halogens is 4. The van der Waals surface area contributed by atoms with Crippen molar-refractivity contribution < 1.29 is 26.0 Å². The van der Waals surface area contributed by atoms with Crippen LogP contribution in [0.15, 0.2) is 41.3 Å². The van der Waals surface area contributed by atoms with Gasteiger partial charge in [-0.25, -0.2) is 26.0 Å². The first kappa shape index (κ1) is 14.3. The molecule has 8 heteroatoms. The lowest BCUT2D eigenvalue weighted by molar-refractivity contribution is 0.511. The molecule has 0 bridgehead atoms. The van der Waals surface area contributed by atoms with Crippen molar-refractivity contribution in [3.63, 3.8) is 0 Å². The summed E-state index contributed by atoms with van der Waals surface area (Å²) in [6.45, 7) is 0. The van der Waals surface area contributed by atoms with Crippen molar-refractivity contribution in [1.29, 1.82) is 0 Å². The highest BCUT2D eigenvalue weighted by atomic mass is 32.2. The second kappa shape index (κ2) is 5.12. The monoisotopic (exact) mass is 305 g/mol. The lowest BCUT2D eigenvalue weighted by Crippen LogP contribution is -2.16. The zero-order valence-electron chi connectivity index (χ0n) is 9.70. The molecule has 0 saturated heterocycles. The van der Waals surface area contributed by atoms with Crippen LogP contribution >= 0.6 is 0 Å². The van der Waals surface area contributed by atoms with E-state index in [9.17, 15) is 26.0 Å². The van der Waals surface area contributed by atoms with Gasteiger partial charge in [0.15, 0.2) is 11.6 Å². The van der Waals surface area contributed by atoms with Gasteiger partial charge in [-0.1, -0.05) is 6.07 Å². The van der Waals surface area contributed by atoms with Crippen LogP contribution in [0.25, 0.3) is 0 Å². The number of benzene rings is 2. The molecule has 0 saturated carbocycles. The maximum absolute atomic E-state index is 13.4. The predicted octanol–water partition coefficient (Wildman–Crippen LogP) is 3.04. The molecule has 0 atom stereocenters. The second-order valence-electron chi connectivity index (χ2n) is 3.78. The molecule has 2 aromatic carbocycles. The summed E-state index contributed by atoms with van der Waals surface area (Å²) >= 11 is 0. The standard InChI is InChI=1S/C12H7F4NO2S/c13-7-4-5-8(14)11(6-7)20(18,19)17-10-3-1-2-9(15)12(10)16/h1-6,17H. The van der Waals surface area contributed by atoms with Gasteiger partial charge in [-0.2, -0.15) is 0 Å². The number of anilines is 1. The van der Waals surface area contributed by atoms with Gasteiger partial charge < -0.3 is 0 Å². The molecular weight excluding hydrogens is 298 g/mol. The van der Waals surface area contributed by atoms with E-state index < -0.39 is 43.9 Å². The topological polar surface area (TPSA) is 46.2 Å². The average molecular weight is 305 g/mol. The zero-order valence-corrected chi connectivity index (χ0v) is 10.5. The normalized spacial score (nSPS) is 11.4. The van der Waals surface area contributed by atoms with E-state index in [1.165, 1.54) is 0 Å². The third-order valence-electron chi connectivity index (χ3n) is 2.38. The van der Waals surface area contributed by atoms with E-state index in [0.29, 0.717) is 12.1 Å². The van der Waals surface area contributed by atoms with E-state index in [1.54, 1.807) is 4.72 Å². The van der Waals surface area contributed by atoms with Gasteiger partial charge in [0.2, 0.25) is 0 Å². The third-order valence-corrected chi connectivity index (χ3v) is 3.76. The zero-order chi connectivity index (χ0) is 14.9. The highest BCUT2D eigenvalue weighted by Crippen LogP contribution is 2.22. The SMILES string of the molecule is O=S(=O)(Nc1cccc(F)c1F)c1cc(F)ccc1F. The van der Waals surface area contributed by atoms with Crippen LogP contribution in [0, 0.1) is 23.3 Å². The summed E-state index contributed by atoms with van der Waals surface area (Å²) in [5.74, 6) is -4.90. The number of sulfonamides is 1. The van der Waals surface area contributed by atoms with Crippen molar-refractivity contribution in [2.75, 3.05) is 4.72 Å². The van der Waals surface area contributed by atoms with Gasteiger partial charge in [0.25, 0.3) is 10.0 Å². The van der Waals surface area contributed by atoms with Crippen molar-refractivity contribution >= 4 is 15.7 Å². The fourth-order valence-corrected chi connectivity index (χ4v) is 2.62. The molecule has 106 valence electrons. The highest BCUT2D eigenvalue weighted by Gasteiger charge is 2.22. The van der Waals surface area contributed by atoms with Gasteiger partial charge in [0, 0.05) is 0 Å². The summed E-state index contributed by atoms with van der Waals surface area (Å²) < 4.78 is 78.0. The van der Waals surface area contributed by atoms with Crippen LogP contribution in [-0.2, 0) is 10.0 Å². The van der Waals surface area contributed by atoms with Gasteiger partial charge in [0.05, 0.1) is 5.69 Å². The van der Waals surface area contributed by atoms with Crippen LogP contribution in [-0.4, -0.2) is 8.42 Å². The fourth-order valence-electron chi connectivity index (χ4n) is 1.47. The van der Waals surface area contributed by atoms with Crippen molar-refractivity contribution in [2.24, 2.45) is 0 Å². The van der Waals surface area contributed by atoms with Gasteiger partial charge in [-0.3, -0.25) is 4.72 Å². The van der Waals surface area contributed by atoms with E-state index in [1.807, 2.05) is 0 Å². The fraction of sp³-hybridized carbons (Fsp3) is 0. The average Bonchev–Trinajstić information content (AvgIpc) is 2.37. The Balaban J connectivity index is 2.46. The Hall–Kier alpha value is -2.09. The Kier molecular flexibility index (Phi) is 3.67. The summed E-state index contributed by atoms with van der Waals surface area (Å²) in [5, 5.41) is 0. The van der Waals surface area contributed by atoms with Crippen molar-refractivity contribution in [3.05, 3.63) is 59.7 Å². The van der Waals surface area contributed by atoms with Crippen molar-refractivity contribution in [1.82, 2.24) is 0 Å². The maximum atomic E-state index is 13.4.